The van der Waals surface area contributed by atoms with Crippen molar-refractivity contribution < 1.29 is 27.4 Å². The fraction of sp³-hybridized carbons (Fsp3) is 0.333. The third kappa shape index (κ3) is 3.82. The normalized spacial score (nSPS) is 11.1. The average molecular weight is 250 g/mol. The van der Waals surface area contributed by atoms with Crippen LogP contribution in [0.2, 0.25) is 0 Å². The maximum Gasteiger partial charge on any atom is 0.573 e. The zero-order valence-electron chi connectivity index (χ0n) is 8.75. The molecule has 0 fully saturated rings. The number of rotatable bonds is 3. The molecule has 0 amide bonds. The molecule has 17 heavy (non-hydrogen) atoms. The molecule has 0 saturated heterocycles. The highest BCUT2D eigenvalue weighted by atomic mass is 19.4. The topological polar surface area (TPSA) is 74.4 Å². The maximum atomic E-state index is 12.0. The van der Waals surface area contributed by atoms with E-state index in [-0.39, 0.29) is 12.4 Å². The molecule has 0 bridgehead atoms. The standard InChI is InChI=1S/C9H9F3N2O3/c1-2-16-8(15)5-3-7(13)14-4-6(5)17-9(10,11)12/h3-4H,2H2,1H3,(H2,13,14). The zero-order chi connectivity index (χ0) is 13.1. The van der Waals surface area contributed by atoms with Crippen LogP contribution in [0.3, 0.4) is 0 Å². The second-order valence-electron chi connectivity index (χ2n) is 2.87. The lowest BCUT2D eigenvalue weighted by atomic mass is 10.2. The number of nitrogens with two attached hydrogens (primary N) is 1. The van der Waals surface area contributed by atoms with E-state index in [2.05, 4.69) is 14.5 Å². The highest BCUT2D eigenvalue weighted by molar-refractivity contribution is 5.93. The number of aromatic nitrogens is 1. The van der Waals surface area contributed by atoms with Crippen molar-refractivity contribution in [1.29, 1.82) is 0 Å². The van der Waals surface area contributed by atoms with Gasteiger partial charge in [-0.2, -0.15) is 0 Å². The molecule has 0 spiro atoms. The number of hydrogen-bond acceptors (Lipinski definition) is 5. The Bertz CT molecular complexity index is 420. The van der Waals surface area contributed by atoms with Crippen LogP contribution in [0.1, 0.15) is 17.3 Å². The van der Waals surface area contributed by atoms with Gasteiger partial charge in [-0.1, -0.05) is 0 Å². The Morgan fingerprint density at radius 2 is 2.18 bits per heavy atom. The third-order valence-corrected chi connectivity index (χ3v) is 1.61. The summed E-state index contributed by atoms with van der Waals surface area (Å²) in [5.41, 5.74) is 4.85. The van der Waals surface area contributed by atoms with Gasteiger partial charge in [-0.15, -0.1) is 13.2 Å². The molecule has 0 unspecified atom stereocenters. The summed E-state index contributed by atoms with van der Waals surface area (Å²) in [6, 6.07) is 0.957. The molecule has 1 heterocycles. The number of halogens is 3. The van der Waals surface area contributed by atoms with Crippen LogP contribution >= 0.6 is 0 Å². The fourth-order valence-corrected chi connectivity index (χ4v) is 1.03. The lowest BCUT2D eigenvalue weighted by molar-refractivity contribution is -0.274. The Hall–Kier alpha value is -1.99. The molecule has 8 heteroatoms. The molecule has 0 aliphatic rings. The van der Waals surface area contributed by atoms with E-state index < -0.39 is 23.6 Å². The number of pyridine rings is 1. The van der Waals surface area contributed by atoms with Gasteiger partial charge >= 0.3 is 12.3 Å². The number of carbonyl (C=O) groups excluding carboxylic acids is 1. The number of nitrogens with zero attached hydrogens (tertiary/aromatic N) is 1. The van der Waals surface area contributed by atoms with Gasteiger partial charge < -0.3 is 15.2 Å². The predicted molar refractivity (Wildman–Crippen MR) is 51.3 cm³/mol. The number of carbonyl (C=O) groups is 1. The summed E-state index contributed by atoms with van der Waals surface area (Å²) >= 11 is 0. The second kappa shape index (κ2) is 4.89. The quantitative estimate of drug-likeness (QED) is 0.827. The zero-order valence-corrected chi connectivity index (χ0v) is 8.75. The second-order valence-corrected chi connectivity index (χ2v) is 2.87. The summed E-state index contributed by atoms with van der Waals surface area (Å²) < 4.78 is 44.3. The van der Waals surface area contributed by atoms with E-state index in [0.717, 1.165) is 12.3 Å². The molecular formula is C9H9F3N2O3. The molecule has 94 valence electrons. The van der Waals surface area contributed by atoms with Gasteiger partial charge in [0.2, 0.25) is 0 Å². The van der Waals surface area contributed by atoms with Crippen LogP contribution in [0.15, 0.2) is 12.3 Å². The van der Waals surface area contributed by atoms with Crippen LogP contribution in [0.25, 0.3) is 0 Å². The minimum absolute atomic E-state index is 0.0204. The largest absolute Gasteiger partial charge is 0.573 e. The fourth-order valence-electron chi connectivity index (χ4n) is 1.03. The summed E-state index contributed by atoms with van der Waals surface area (Å²) in [6.07, 6.45) is -4.20. The summed E-state index contributed by atoms with van der Waals surface area (Å²) in [5, 5.41) is 0. The molecule has 1 rings (SSSR count). The van der Waals surface area contributed by atoms with E-state index in [1.807, 2.05) is 0 Å². The molecule has 0 radical (unpaired) electrons. The van der Waals surface area contributed by atoms with Gasteiger partial charge in [-0.3, -0.25) is 0 Å². The van der Waals surface area contributed by atoms with Crippen LogP contribution in [0, 0.1) is 0 Å². The number of hydrogen-bond donors (Lipinski definition) is 1. The number of anilines is 1. The maximum absolute atomic E-state index is 12.0. The van der Waals surface area contributed by atoms with E-state index in [1.54, 1.807) is 0 Å². The highest BCUT2D eigenvalue weighted by Gasteiger charge is 2.33. The first-order chi connectivity index (χ1) is 7.83. The van der Waals surface area contributed by atoms with Gasteiger partial charge in [0.1, 0.15) is 11.4 Å². The molecule has 1 aromatic heterocycles. The summed E-state index contributed by atoms with van der Waals surface area (Å²) in [6.45, 7) is 1.54. The van der Waals surface area contributed by atoms with E-state index >= 15 is 0 Å². The first-order valence-electron chi connectivity index (χ1n) is 4.52. The Labute approximate surface area is 94.3 Å². The van der Waals surface area contributed by atoms with Crippen molar-refractivity contribution in [1.82, 2.24) is 4.98 Å². The Morgan fingerprint density at radius 1 is 1.53 bits per heavy atom. The van der Waals surface area contributed by atoms with E-state index in [4.69, 9.17) is 5.73 Å². The summed E-state index contributed by atoms with van der Waals surface area (Å²) in [4.78, 5) is 14.8. The number of esters is 1. The van der Waals surface area contributed by atoms with Crippen molar-refractivity contribution in [3.8, 4) is 5.75 Å². The van der Waals surface area contributed by atoms with Crippen molar-refractivity contribution in [3.05, 3.63) is 17.8 Å². The molecule has 0 aromatic carbocycles. The van der Waals surface area contributed by atoms with Crippen molar-refractivity contribution in [2.75, 3.05) is 12.3 Å². The first-order valence-corrected chi connectivity index (χ1v) is 4.52. The number of ether oxygens (including phenoxy) is 2. The van der Waals surface area contributed by atoms with Gasteiger partial charge in [0.25, 0.3) is 0 Å². The summed E-state index contributed by atoms with van der Waals surface area (Å²) in [5.74, 6) is -1.81. The Morgan fingerprint density at radius 3 is 2.71 bits per heavy atom. The van der Waals surface area contributed by atoms with Crippen LogP contribution in [0.4, 0.5) is 19.0 Å². The molecule has 0 aliphatic heterocycles. The molecule has 2 N–H and O–H groups in total. The SMILES string of the molecule is CCOC(=O)c1cc(N)ncc1OC(F)(F)F. The Kier molecular flexibility index (Phi) is 3.77. The molecule has 1 aromatic rings. The van der Waals surface area contributed by atoms with Crippen LogP contribution < -0.4 is 10.5 Å². The van der Waals surface area contributed by atoms with Gasteiger partial charge in [0.15, 0.2) is 5.75 Å². The summed E-state index contributed by atoms with van der Waals surface area (Å²) in [7, 11) is 0. The minimum atomic E-state index is -4.92. The van der Waals surface area contributed by atoms with Crippen LogP contribution in [-0.4, -0.2) is 23.9 Å². The van der Waals surface area contributed by atoms with Crippen molar-refractivity contribution in [3.63, 3.8) is 0 Å². The van der Waals surface area contributed by atoms with Crippen LogP contribution in [0.5, 0.6) is 5.75 Å². The van der Waals surface area contributed by atoms with E-state index in [9.17, 15) is 18.0 Å². The minimum Gasteiger partial charge on any atom is -0.462 e. The first kappa shape index (κ1) is 13.1. The van der Waals surface area contributed by atoms with Gasteiger partial charge in [-0.05, 0) is 13.0 Å². The van der Waals surface area contributed by atoms with E-state index in [1.165, 1.54) is 6.92 Å². The smallest absolute Gasteiger partial charge is 0.462 e. The molecular weight excluding hydrogens is 241 g/mol. The number of alkyl halides is 3. The Balaban J connectivity index is 3.08. The number of nitrogen functional groups attached to an aromatic ring is 1. The molecule has 0 atom stereocenters. The van der Waals surface area contributed by atoms with Crippen molar-refractivity contribution in [2.24, 2.45) is 0 Å². The van der Waals surface area contributed by atoms with Gasteiger partial charge in [0.05, 0.1) is 12.8 Å². The third-order valence-electron chi connectivity index (χ3n) is 1.61. The van der Waals surface area contributed by atoms with Gasteiger partial charge in [-0.25, -0.2) is 9.78 Å². The highest BCUT2D eigenvalue weighted by Crippen LogP contribution is 2.27. The monoisotopic (exact) mass is 250 g/mol. The molecule has 0 saturated carbocycles. The van der Waals surface area contributed by atoms with Gasteiger partial charge in [0, 0.05) is 0 Å². The molecule has 0 aliphatic carbocycles. The lowest BCUT2D eigenvalue weighted by Crippen LogP contribution is -2.20. The van der Waals surface area contributed by atoms with Crippen LogP contribution in [-0.2, 0) is 4.74 Å². The van der Waals surface area contributed by atoms with E-state index in [0.29, 0.717) is 0 Å². The molecule has 5 nitrogen and oxygen atoms in total. The van der Waals surface area contributed by atoms with Crippen molar-refractivity contribution >= 4 is 11.8 Å². The lowest BCUT2D eigenvalue weighted by Gasteiger charge is -2.12. The predicted octanol–water partition coefficient (Wildman–Crippen LogP) is 1.74. The average Bonchev–Trinajstić information content (AvgIpc) is 2.19. The van der Waals surface area contributed by atoms with Crippen molar-refractivity contribution in [2.45, 2.75) is 13.3 Å².